The van der Waals surface area contributed by atoms with Gasteiger partial charge in [0.15, 0.2) is 5.16 Å². The Morgan fingerprint density at radius 1 is 1.16 bits per heavy atom. The fourth-order valence-electron chi connectivity index (χ4n) is 3.43. The average molecular weight is 473 g/mol. The molecular weight excluding hydrogens is 452 g/mol. The number of benzene rings is 2. The number of para-hydroxylation sites is 1. The number of hydrogen-bond donors (Lipinski definition) is 1. The SMILES string of the molecule is CC(Sc1nnc(N2CCCC2)n1-c1ccccc1Cl)C(=O)Nc1ccc([N+](=O)[O-])cc1. The minimum absolute atomic E-state index is 0.0345. The molecule has 2 aromatic carbocycles. The van der Waals surface area contributed by atoms with Crippen molar-refractivity contribution in [2.75, 3.05) is 23.3 Å². The minimum atomic E-state index is -0.498. The average Bonchev–Trinajstić information content (AvgIpc) is 3.44. The molecule has 0 spiro atoms. The number of nitro groups is 1. The molecule has 0 bridgehead atoms. The predicted molar refractivity (Wildman–Crippen MR) is 125 cm³/mol. The van der Waals surface area contributed by atoms with Crippen LogP contribution >= 0.6 is 23.4 Å². The second kappa shape index (κ2) is 9.58. The molecule has 1 fully saturated rings. The van der Waals surface area contributed by atoms with E-state index in [0.717, 1.165) is 31.6 Å². The van der Waals surface area contributed by atoms with Gasteiger partial charge in [-0.1, -0.05) is 35.5 Å². The Morgan fingerprint density at radius 2 is 1.84 bits per heavy atom. The minimum Gasteiger partial charge on any atom is -0.341 e. The highest BCUT2D eigenvalue weighted by Gasteiger charge is 2.26. The van der Waals surface area contributed by atoms with Gasteiger partial charge in [0, 0.05) is 30.9 Å². The van der Waals surface area contributed by atoms with Crippen LogP contribution in [0.25, 0.3) is 5.69 Å². The van der Waals surface area contributed by atoms with Crippen molar-refractivity contribution in [1.82, 2.24) is 14.8 Å². The highest BCUT2D eigenvalue weighted by Crippen LogP contribution is 2.33. The van der Waals surface area contributed by atoms with Crippen LogP contribution in [-0.4, -0.2) is 43.9 Å². The Morgan fingerprint density at radius 3 is 2.50 bits per heavy atom. The Bertz CT molecular complexity index is 1130. The zero-order valence-electron chi connectivity index (χ0n) is 17.3. The molecule has 9 nitrogen and oxygen atoms in total. The van der Waals surface area contributed by atoms with Gasteiger partial charge in [-0.05, 0) is 44.0 Å². The number of non-ortho nitro benzene ring substituents is 1. The molecule has 1 aliphatic rings. The fourth-order valence-corrected chi connectivity index (χ4v) is 4.50. The van der Waals surface area contributed by atoms with Crippen LogP contribution in [0, 0.1) is 10.1 Å². The molecule has 1 aromatic heterocycles. The van der Waals surface area contributed by atoms with E-state index >= 15 is 0 Å². The van der Waals surface area contributed by atoms with E-state index in [1.165, 1.54) is 36.0 Å². The van der Waals surface area contributed by atoms with Crippen molar-refractivity contribution in [3.8, 4) is 5.69 Å². The van der Waals surface area contributed by atoms with Crippen LogP contribution in [0.15, 0.2) is 53.7 Å². The summed E-state index contributed by atoms with van der Waals surface area (Å²) in [6.07, 6.45) is 2.18. The van der Waals surface area contributed by atoms with Crippen LogP contribution in [0.1, 0.15) is 19.8 Å². The Balaban J connectivity index is 1.56. The number of carbonyl (C=O) groups excluding carboxylic acids is 1. The van der Waals surface area contributed by atoms with E-state index in [0.29, 0.717) is 21.8 Å². The monoisotopic (exact) mass is 472 g/mol. The summed E-state index contributed by atoms with van der Waals surface area (Å²) >= 11 is 7.75. The number of aromatic nitrogens is 3. The van der Waals surface area contributed by atoms with Crippen LogP contribution < -0.4 is 10.2 Å². The van der Waals surface area contributed by atoms with E-state index in [1.807, 2.05) is 28.8 Å². The third-order valence-corrected chi connectivity index (χ3v) is 6.46. The largest absolute Gasteiger partial charge is 0.341 e. The van der Waals surface area contributed by atoms with Gasteiger partial charge in [0.1, 0.15) is 0 Å². The first-order valence-corrected chi connectivity index (χ1v) is 11.4. The summed E-state index contributed by atoms with van der Waals surface area (Å²) in [5, 5.41) is 23.0. The lowest BCUT2D eigenvalue weighted by molar-refractivity contribution is -0.384. The number of amides is 1. The van der Waals surface area contributed by atoms with E-state index in [4.69, 9.17) is 11.6 Å². The zero-order chi connectivity index (χ0) is 22.7. The third-order valence-electron chi connectivity index (χ3n) is 5.10. The van der Waals surface area contributed by atoms with Crippen LogP contribution in [0.2, 0.25) is 5.02 Å². The van der Waals surface area contributed by atoms with Gasteiger partial charge < -0.3 is 10.2 Å². The first-order valence-electron chi connectivity index (χ1n) is 10.1. The number of carbonyl (C=O) groups is 1. The van der Waals surface area contributed by atoms with Crippen LogP contribution in [0.5, 0.6) is 0 Å². The second-order valence-electron chi connectivity index (χ2n) is 7.32. The van der Waals surface area contributed by atoms with Gasteiger partial charge in [0.2, 0.25) is 11.9 Å². The molecule has 32 heavy (non-hydrogen) atoms. The number of thioether (sulfide) groups is 1. The first kappa shape index (κ1) is 22.1. The van der Waals surface area contributed by atoms with Crippen molar-refractivity contribution >= 4 is 46.6 Å². The molecule has 1 atom stereocenters. The molecule has 0 saturated carbocycles. The molecule has 0 radical (unpaired) electrons. The topological polar surface area (TPSA) is 106 Å². The molecule has 4 rings (SSSR count). The normalized spacial score (nSPS) is 14.4. The molecule has 1 unspecified atom stereocenters. The number of nitro benzene ring substituents is 1. The van der Waals surface area contributed by atoms with E-state index < -0.39 is 10.2 Å². The molecule has 11 heteroatoms. The summed E-state index contributed by atoms with van der Waals surface area (Å²) in [6.45, 7) is 3.55. The quantitative estimate of drug-likeness (QED) is 0.305. The van der Waals surface area contributed by atoms with Crippen molar-refractivity contribution in [1.29, 1.82) is 0 Å². The number of anilines is 2. The van der Waals surface area contributed by atoms with Crippen molar-refractivity contribution in [3.05, 3.63) is 63.7 Å². The molecule has 0 aliphatic carbocycles. The van der Waals surface area contributed by atoms with Crippen molar-refractivity contribution in [3.63, 3.8) is 0 Å². The predicted octanol–water partition coefficient (Wildman–Crippen LogP) is 4.55. The second-order valence-corrected chi connectivity index (χ2v) is 9.03. The standard InChI is InChI=1S/C21H21ClN6O3S/c1-14(19(29)23-15-8-10-16(11-9-15)28(30)31)32-21-25-24-20(26-12-4-5-13-26)27(21)18-7-3-2-6-17(18)22/h2-3,6-11,14H,4-5,12-13H2,1H3,(H,23,29). The molecule has 1 N–H and O–H groups in total. The maximum Gasteiger partial charge on any atom is 0.269 e. The van der Waals surface area contributed by atoms with Crippen LogP contribution in [0.3, 0.4) is 0 Å². The van der Waals surface area contributed by atoms with Gasteiger partial charge in [-0.2, -0.15) is 0 Å². The Labute approximate surface area is 193 Å². The van der Waals surface area contributed by atoms with Crippen molar-refractivity contribution < 1.29 is 9.72 Å². The number of nitrogens with zero attached hydrogens (tertiary/aromatic N) is 5. The Hall–Kier alpha value is -3.11. The van der Waals surface area contributed by atoms with Gasteiger partial charge in [0.25, 0.3) is 5.69 Å². The lowest BCUT2D eigenvalue weighted by Crippen LogP contribution is -2.24. The van der Waals surface area contributed by atoms with Gasteiger partial charge in [-0.25, -0.2) is 0 Å². The molecule has 1 amide bonds. The van der Waals surface area contributed by atoms with E-state index in [9.17, 15) is 14.9 Å². The number of nitrogens with one attached hydrogen (secondary N) is 1. The molecule has 2 heterocycles. The van der Waals surface area contributed by atoms with Gasteiger partial charge in [-0.3, -0.25) is 19.5 Å². The summed E-state index contributed by atoms with van der Waals surface area (Å²) in [4.78, 5) is 25.2. The van der Waals surface area contributed by atoms with Gasteiger partial charge in [0.05, 0.1) is 20.9 Å². The van der Waals surface area contributed by atoms with E-state index in [-0.39, 0.29) is 11.6 Å². The fraction of sp³-hybridized carbons (Fsp3) is 0.286. The van der Waals surface area contributed by atoms with Crippen LogP contribution in [-0.2, 0) is 4.79 Å². The smallest absolute Gasteiger partial charge is 0.269 e. The molecule has 1 saturated heterocycles. The van der Waals surface area contributed by atoms with Crippen molar-refractivity contribution in [2.45, 2.75) is 30.2 Å². The summed E-state index contributed by atoms with van der Waals surface area (Å²) in [5.74, 6) is 0.460. The maximum atomic E-state index is 12.8. The highest BCUT2D eigenvalue weighted by molar-refractivity contribution is 8.00. The highest BCUT2D eigenvalue weighted by atomic mass is 35.5. The third kappa shape index (κ3) is 4.71. The summed E-state index contributed by atoms with van der Waals surface area (Å²) in [6, 6.07) is 13.2. The molecular formula is C21H21ClN6O3S. The van der Waals surface area contributed by atoms with E-state index in [2.05, 4.69) is 20.4 Å². The number of rotatable bonds is 7. The zero-order valence-corrected chi connectivity index (χ0v) is 18.8. The molecule has 3 aromatic rings. The molecule has 166 valence electrons. The van der Waals surface area contributed by atoms with Gasteiger partial charge >= 0.3 is 0 Å². The molecule has 1 aliphatic heterocycles. The van der Waals surface area contributed by atoms with Gasteiger partial charge in [-0.15, -0.1) is 10.2 Å². The number of halogens is 1. The Kier molecular flexibility index (Phi) is 6.61. The van der Waals surface area contributed by atoms with Crippen molar-refractivity contribution in [2.24, 2.45) is 0 Å². The lowest BCUT2D eigenvalue weighted by Gasteiger charge is -2.19. The van der Waals surface area contributed by atoms with E-state index in [1.54, 1.807) is 6.92 Å². The first-order chi connectivity index (χ1) is 15.4. The number of hydrogen-bond acceptors (Lipinski definition) is 7. The summed E-state index contributed by atoms with van der Waals surface area (Å²) < 4.78 is 1.90. The lowest BCUT2D eigenvalue weighted by atomic mass is 10.3. The maximum absolute atomic E-state index is 12.8. The van der Waals surface area contributed by atoms with Crippen LogP contribution in [0.4, 0.5) is 17.3 Å². The summed E-state index contributed by atoms with van der Waals surface area (Å²) in [5.41, 5.74) is 1.21. The summed E-state index contributed by atoms with van der Waals surface area (Å²) in [7, 11) is 0.